The first kappa shape index (κ1) is 10.1. The Hall–Kier alpha value is -2.08. The van der Waals surface area contributed by atoms with Gasteiger partial charge in [-0.15, -0.1) is 21.5 Å². The Morgan fingerprint density at radius 1 is 1.18 bits per heavy atom. The van der Waals surface area contributed by atoms with Crippen LogP contribution in [0, 0.1) is 0 Å². The van der Waals surface area contributed by atoms with Crippen LogP contribution in [0.4, 0.5) is 0 Å². The molecule has 1 N–H and O–H groups in total. The molecule has 84 valence electrons. The highest BCUT2D eigenvalue weighted by Gasteiger charge is 2.07. The molecule has 0 radical (unpaired) electrons. The number of aromatic amines is 1. The van der Waals surface area contributed by atoms with Crippen LogP contribution in [0.25, 0.3) is 10.6 Å². The number of nitrogens with zero attached hydrogens (tertiary/aromatic N) is 4. The highest BCUT2D eigenvalue weighted by Crippen LogP contribution is 2.23. The molecule has 17 heavy (non-hydrogen) atoms. The number of nitrogens with one attached hydrogen (secondary N) is 1. The third kappa shape index (κ3) is 2.21. The number of rotatable bonds is 3. The van der Waals surface area contributed by atoms with Gasteiger partial charge in [0.25, 0.3) is 0 Å². The summed E-state index contributed by atoms with van der Waals surface area (Å²) in [6.07, 6.45) is 0.611. The Balaban J connectivity index is 1.84. The summed E-state index contributed by atoms with van der Waals surface area (Å²) < 4.78 is 0. The van der Waals surface area contributed by atoms with E-state index < -0.39 is 0 Å². The number of hydrogen-bond donors (Lipinski definition) is 1. The Kier molecular flexibility index (Phi) is 2.63. The lowest BCUT2D eigenvalue weighted by Crippen LogP contribution is -1.91. The second kappa shape index (κ2) is 4.42. The Morgan fingerprint density at radius 2 is 2.06 bits per heavy atom. The maximum Gasteiger partial charge on any atom is 0.180 e. The van der Waals surface area contributed by atoms with Crippen LogP contribution in [-0.4, -0.2) is 25.6 Å². The molecule has 2 heterocycles. The third-order valence-electron chi connectivity index (χ3n) is 2.30. The Morgan fingerprint density at radius 3 is 2.82 bits per heavy atom. The fraction of sp³-hybridized carbons (Fsp3) is 0.0909. The topological polar surface area (TPSA) is 67.3 Å². The summed E-state index contributed by atoms with van der Waals surface area (Å²) >= 11 is 1.63. The highest BCUT2D eigenvalue weighted by atomic mass is 32.1. The number of hydrogen-bond acceptors (Lipinski definition) is 5. The fourth-order valence-electron chi connectivity index (χ4n) is 1.52. The molecule has 0 aliphatic rings. The number of thiazole rings is 1. The predicted molar refractivity (Wildman–Crippen MR) is 64.5 cm³/mol. The second-order valence-electron chi connectivity index (χ2n) is 3.51. The van der Waals surface area contributed by atoms with Gasteiger partial charge in [0.05, 0.1) is 12.1 Å². The van der Waals surface area contributed by atoms with Gasteiger partial charge in [0.1, 0.15) is 5.01 Å². The van der Waals surface area contributed by atoms with Gasteiger partial charge in [-0.3, -0.25) is 0 Å². The number of tetrazole rings is 1. The largest absolute Gasteiger partial charge is 0.241 e. The van der Waals surface area contributed by atoms with Crippen molar-refractivity contribution in [3.05, 3.63) is 47.2 Å². The van der Waals surface area contributed by atoms with E-state index in [-0.39, 0.29) is 0 Å². The molecule has 0 saturated heterocycles. The first-order chi connectivity index (χ1) is 8.42. The molecule has 6 heteroatoms. The minimum absolute atomic E-state index is 0.611. The molecule has 3 rings (SSSR count). The molecule has 0 fully saturated rings. The van der Waals surface area contributed by atoms with Gasteiger partial charge in [-0.2, -0.15) is 5.21 Å². The minimum Gasteiger partial charge on any atom is -0.241 e. The lowest BCUT2D eigenvalue weighted by Gasteiger charge is -1.93. The Labute approximate surface area is 102 Å². The quantitative estimate of drug-likeness (QED) is 0.763. The van der Waals surface area contributed by atoms with Crippen LogP contribution < -0.4 is 0 Å². The molecule has 5 nitrogen and oxygen atoms in total. The van der Waals surface area contributed by atoms with Crippen molar-refractivity contribution in [2.75, 3.05) is 0 Å². The first-order valence-corrected chi connectivity index (χ1v) is 6.02. The molecule has 0 spiro atoms. The van der Waals surface area contributed by atoms with Crippen LogP contribution >= 0.6 is 11.3 Å². The van der Waals surface area contributed by atoms with Crippen molar-refractivity contribution < 1.29 is 0 Å². The summed E-state index contributed by atoms with van der Waals surface area (Å²) in [5, 5.41) is 16.8. The SMILES string of the molecule is c1ccc(-c2nc(Cc3nn[nH]n3)cs2)cc1. The molecule has 3 aromatic rings. The first-order valence-electron chi connectivity index (χ1n) is 5.14. The molecular weight excluding hydrogens is 234 g/mol. The van der Waals surface area contributed by atoms with Crippen LogP contribution in [0.15, 0.2) is 35.7 Å². The normalized spacial score (nSPS) is 10.6. The zero-order valence-corrected chi connectivity index (χ0v) is 9.68. The molecule has 0 atom stereocenters. The third-order valence-corrected chi connectivity index (χ3v) is 3.24. The summed E-state index contributed by atoms with van der Waals surface area (Å²) in [5.74, 6) is 0.662. The minimum atomic E-state index is 0.611. The van der Waals surface area contributed by atoms with Crippen molar-refractivity contribution in [1.29, 1.82) is 0 Å². The molecular formula is C11H9N5S. The van der Waals surface area contributed by atoms with E-state index >= 15 is 0 Å². The summed E-state index contributed by atoms with van der Waals surface area (Å²) in [5.41, 5.74) is 2.10. The monoisotopic (exact) mass is 243 g/mol. The standard InChI is InChI=1S/C11H9N5S/c1-2-4-8(5-3-1)11-12-9(7-17-11)6-10-13-15-16-14-10/h1-5,7H,6H2,(H,13,14,15,16). The van der Waals surface area contributed by atoms with E-state index in [4.69, 9.17) is 0 Å². The number of benzene rings is 1. The van der Waals surface area contributed by atoms with Gasteiger partial charge in [-0.05, 0) is 0 Å². The smallest absolute Gasteiger partial charge is 0.180 e. The van der Waals surface area contributed by atoms with Crippen LogP contribution in [-0.2, 0) is 6.42 Å². The van der Waals surface area contributed by atoms with Crippen molar-refractivity contribution >= 4 is 11.3 Å². The fourth-order valence-corrected chi connectivity index (χ4v) is 2.35. The molecule has 1 aromatic carbocycles. The van der Waals surface area contributed by atoms with E-state index in [1.807, 2.05) is 23.6 Å². The van der Waals surface area contributed by atoms with Gasteiger partial charge in [0.2, 0.25) is 0 Å². The lowest BCUT2D eigenvalue weighted by atomic mass is 10.2. The van der Waals surface area contributed by atoms with Crippen LogP contribution in [0.1, 0.15) is 11.5 Å². The predicted octanol–water partition coefficient (Wildman–Crippen LogP) is 1.91. The zero-order chi connectivity index (χ0) is 11.5. The van der Waals surface area contributed by atoms with Crippen molar-refractivity contribution in [3.63, 3.8) is 0 Å². The summed E-state index contributed by atoms with van der Waals surface area (Å²) in [7, 11) is 0. The summed E-state index contributed by atoms with van der Waals surface area (Å²) in [6.45, 7) is 0. The maximum atomic E-state index is 4.55. The van der Waals surface area contributed by atoms with Crippen molar-refractivity contribution in [3.8, 4) is 10.6 Å². The maximum absolute atomic E-state index is 4.55. The molecule has 2 aromatic heterocycles. The molecule has 0 unspecified atom stereocenters. The van der Waals surface area contributed by atoms with Crippen LogP contribution in [0.5, 0.6) is 0 Å². The zero-order valence-electron chi connectivity index (χ0n) is 8.87. The summed E-state index contributed by atoms with van der Waals surface area (Å²) in [4.78, 5) is 4.55. The van der Waals surface area contributed by atoms with Gasteiger partial charge in [0.15, 0.2) is 5.82 Å². The van der Waals surface area contributed by atoms with Gasteiger partial charge < -0.3 is 0 Å². The van der Waals surface area contributed by atoms with E-state index in [1.54, 1.807) is 11.3 Å². The van der Waals surface area contributed by atoms with Crippen molar-refractivity contribution in [2.24, 2.45) is 0 Å². The van der Waals surface area contributed by atoms with E-state index in [9.17, 15) is 0 Å². The molecule has 0 saturated carbocycles. The summed E-state index contributed by atoms with van der Waals surface area (Å²) in [6, 6.07) is 10.1. The average molecular weight is 243 g/mol. The van der Waals surface area contributed by atoms with E-state index in [2.05, 4.69) is 37.7 Å². The van der Waals surface area contributed by atoms with Gasteiger partial charge >= 0.3 is 0 Å². The molecule has 0 aliphatic carbocycles. The number of H-pyrrole nitrogens is 1. The van der Waals surface area contributed by atoms with Gasteiger partial charge in [-0.1, -0.05) is 35.5 Å². The average Bonchev–Trinajstić information content (AvgIpc) is 3.02. The lowest BCUT2D eigenvalue weighted by molar-refractivity contribution is 0.881. The van der Waals surface area contributed by atoms with E-state index in [0.717, 1.165) is 16.3 Å². The van der Waals surface area contributed by atoms with E-state index in [0.29, 0.717) is 12.2 Å². The van der Waals surface area contributed by atoms with Gasteiger partial charge in [-0.25, -0.2) is 4.98 Å². The Bertz CT molecular complexity index is 587. The van der Waals surface area contributed by atoms with Gasteiger partial charge in [0, 0.05) is 10.9 Å². The van der Waals surface area contributed by atoms with Crippen molar-refractivity contribution in [1.82, 2.24) is 25.6 Å². The van der Waals surface area contributed by atoms with Crippen molar-refractivity contribution in [2.45, 2.75) is 6.42 Å². The van der Waals surface area contributed by atoms with Crippen LogP contribution in [0.2, 0.25) is 0 Å². The molecule has 0 bridgehead atoms. The van der Waals surface area contributed by atoms with Crippen LogP contribution in [0.3, 0.4) is 0 Å². The molecule has 0 aliphatic heterocycles. The molecule has 0 amide bonds. The second-order valence-corrected chi connectivity index (χ2v) is 4.37. The van der Waals surface area contributed by atoms with E-state index in [1.165, 1.54) is 0 Å². The number of aromatic nitrogens is 5. The highest BCUT2D eigenvalue weighted by molar-refractivity contribution is 7.13.